The Kier molecular flexibility index (Phi) is 5.99. The first-order chi connectivity index (χ1) is 8.56. The number of amides is 1. The van der Waals surface area contributed by atoms with Gasteiger partial charge in [-0.1, -0.05) is 32.5 Å². The van der Waals surface area contributed by atoms with Gasteiger partial charge in [0.05, 0.1) is 0 Å². The van der Waals surface area contributed by atoms with Gasteiger partial charge < -0.3 is 10.6 Å². The number of rotatable bonds is 6. The Morgan fingerprint density at radius 2 is 2.17 bits per heavy atom. The number of carbonyl (C=O) groups is 1. The first-order valence-electron chi connectivity index (χ1n) is 6.83. The minimum Gasteiger partial charge on any atom is -0.359 e. The zero-order valence-corrected chi connectivity index (χ0v) is 12.7. The zero-order valence-electron chi connectivity index (χ0n) is 11.9. The van der Waals surface area contributed by atoms with Crippen LogP contribution in [0.1, 0.15) is 47.0 Å². The molecule has 1 heterocycles. The Hall–Kier alpha value is -0.710. The van der Waals surface area contributed by atoms with E-state index in [4.69, 9.17) is 0 Å². The van der Waals surface area contributed by atoms with Gasteiger partial charge in [-0.25, -0.2) is 4.99 Å². The molecule has 2 N–H and O–H groups in total. The molecule has 104 valence electrons. The summed E-state index contributed by atoms with van der Waals surface area (Å²) in [5, 5.41) is 7.27. The summed E-state index contributed by atoms with van der Waals surface area (Å²) < 4.78 is 0. The topological polar surface area (TPSA) is 53.5 Å². The number of hydrogen-bond acceptors (Lipinski definition) is 3. The van der Waals surface area contributed by atoms with Crippen molar-refractivity contribution >= 4 is 22.8 Å². The molecule has 0 aliphatic carbocycles. The van der Waals surface area contributed by atoms with Gasteiger partial charge in [-0.05, 0) is 26.2 Å². The molecule has 4 nitrogen and oxygen atoms in total. The summed E-state index contributed by atoms with van der Waals surface area (Å²) >= 11 is 1.73. The molecule has 18 heavy (non-hydrogen) atoms. The quantitative estimate of drug-likeness (QED) is 0.778. The molecule has 1 rings (SSSR count). The van der Waals surface area contributed by atoms with Gasteiger partial charge in [0.2, 0.25) is 5.91 Å². The van der Waals surface area contributed by atoms with Crippen molar-refractivity contribution < 1.29 is 4.79 Å². The van der Waals surface area contributed by atoms with Crippen molar-refractivity contribution in [3.63, 3.8) is 0 Å². The molecule has 0 aromatic rings. The monoisotopic (exact) mass is 271 g/mol. The molecule has 0 saturated carbocycles. The third-order valence-corrected chi connectivity index (χ3v) is 4.63. The molecule has 1 atom stereocenters. The van der Waals surface area contributed by atoms with Crippen molar-refractivity contribution in [3.05, 3.63) is 0 Å². The number of aliphatic imine (C=N–C) groups is 1. The van der Waals surface area contributed by atoms with Crippen LogP contribution in [0, 0.1) is 0 Å². The van der Waals surface area contributed by atoms with E-state index in [1.807, 2.05) is 13.8 Å². The highest BCUT2D eigenvalue weighted by Gasteiger charge is 2.34. The highest BCUT2D eigenvalue weighted by molar-refractivity contribution is 8.14. The molecule has 0 aromatic heterocycles. The van der Waals surface area contributed by atoms with Gasteiger partial charge in [-0.2, -0.15) is 0 Å². The second-order valence-corrected chi connectivity index (χ2v) is 5.77. The van der Waals surface area contributed by atoms with Gasteiger partial charge in [-0.15, -0.1) is 0 Å². The van der Waals surface area contributed by atoms with Crippen molar-refractivity contribution in [1.29, 1.82) is 0 Å². The van der Waals surface area contributed by atoms with E-state index in [1.165, 1.54) is 0 Å². The van der Waals surface area contributed by atoms with Crippen LogP contribution in [-0.2, 0) is 4.79 Å². The lowest BCUT2D eigenvalue weighted by Crippen LogP contribution is -2.43. The standard InChI is InChI=1S/C13H25N3OS/c1-5-8-14-11(17)10(4)15-12-16-13(6-2,7-3)9-18-12/h10H,5-9H2,1-4H3,(H,14,17)(H,15,16). The van der Waals surface area contributed by atoms with Crippen molar-refractivity contribution in [3.8, 4) is 0 Å². The van der Waals surface area contributed by atoms with Gasteiger partial charge in [0, 0.05) is 17.8 Å². The van der Waals surface area contributed by atoms with Crippen molar-refractivity contribution in [2.45, 2.75) is 58.5 Å². The number of thioether (sulfide) groups is 1. The molecule has 5 heteroatoms. The fourth-order valence-corrected chi connectivity index (χ4v) is 3.25. The maximum Gasteiger partial charge on any atom is 0.244 e. The molecule has 0 bridgehead atoms. The summed E-state index contributed by atoms with van der Waals surface area (Å²) in [6.07, 6.45) is 3.13. The van der Waals surface area contributed by atoms with E-state index >= 15 is 0 Å². The SMILES string of the molecule is CCCNC(=O)C(C)N=C1NC(CC)(CC)CS1. The van der Waals surface area contributed by atoms with E-state index < -0.39 is 0 Å². The number of carbonyl (C=O) groups excluding carboxylic acids is 1. The largest absolute Gasteiger partial charge is 0.359 e. The Bertz CT molecular complexity index is 313. The van der Waals surface area contributed by atoms with Crippen LogP contribution < -0.4 is 10.6 Å². The number of amidine groups is 1. The molecule has 1 fully saturated rings. The highest BCUT2D eigenvalue weighted by Crippen LogP contribution is 2.29. The van der Waals surface area contributed by atoms with E-state index in [1.54, 1.807) is 11.8 Å². The second kappa shape index (κ2) is 7.02. The van der Waals surface area contributed by atoms with Gasteiger partial charge in [0.25, 0.3) is 0 Å². The third-order valence-electron chi connectivity index (χ3n) is 3.45. The van der Waals surface area contributed by atoms with Crippen LogP contribution in [0.3, 0.4) is 0 Å². The van der Waals surface area contributed by atoms with Gasteiger partial charge in [0.15, 0.2) is 5.17 Å². The first-order valence-corrected chi connectivity index (χ1v) is 7.82. The predicted molar refractivity (Wildman–Crippen MR) is 79.1 cm³/mol. The Labute approximate surface area is 114 Å². The normalized spacial score (nSPS) is 21.7. The number of hydrogen-bond donors (Lipinski definition) is 2. The molecule has 1 amide bonds. The van der Waals surface area contributed by atoms with E-state index in [-0.39, 0.29) is 17.5 Å². The van der Waals surface area contributed by atoms with Crippen LogP contribution in [0.25, 0.3) is 0 Å². The summed E-state index contributed by atoms with van der Waals surface area (Å²) in [7, 11) is 0. The Morgan fingerprint density at radius 1 is 1.50 bits per heavy atom. The zero-order chi connectivity index (χ0) is 13.6. The third kappa shape index (κ3) is 3.90. The van der Waals surface area contributed by atoms with Gasteiger partial charge >= 0.3 is 0 Å². The lowest BCUT2D eigenvalue weighted by molar-refractivity contribution is -0.121. The van der Waals surface area contributed by atoms with Crippen molar-refractivity contribution in [1.82, 2.24) is 10.6 Å². The van der Waals surface area contributed by atoms with Crippen molar-refractivity contribution in [2.75, 3.05) is 12.3 Å². The molecular weight excluding hydrogens is 246 g/mol. The molecule has 0 aromatic carbocycles. The lowest BCUT2D eigenvalue weighted by atomic mass is 9.96. The van der Waals surface area contributed by atoms with Crippen LogP contribution in [0.5, 0.6) is 0 Å². The van der Waals surface area contributed by atoms with Crippen LogP contribution in [0.15, 0.2) is 4.99 Å². The Balaban J connectivity index is 2.55. The average Bonchev–Trinajstić information content (AvgIpc) is 2.79. The summed E-state index contributed by atoms with van der Waals surface area (Å²) in [6, 6.07) is -0.309. The van der Waals surface area contributed by atoms with Gasteiger partial charge in [-0.3, -0.25) is 4.79 Å². The maximum absolute atomic E-state index is 11.7. The van der Waals surface area contributed by atoms with E-state index in [9.17, 15) is 4.79 Å². The first kappa shape index (κ1) is 15.3. The smallest absolute Gasteiger partial charge is 0.244 e. The summed E-state index contributed by atoms with van der Waals surface area (Å²) in [6.45, 7) is 9.00. The number of nitrogens with one attached hydrogen (secondary N) is 2. The van der Waals surface area contributed by atoms with E-state index in [0.717, 1.165) is 36.7 Å². The molecule has 1 saturated heterocycles. The maximum atomic E-state index is 11.7. The van der Waals surface area contributed by atoms with E-state index in [2.05, 4.69) is 29.5 Å². The fourth-order valence-electron chi connectivity index (χ4n) is 1.84. The predicted octanol–water partition coefficient (Wildman–Crippen LogP) is 2.15. The molecule has 1 aliphatic rings. The minimum absolute atomic E-state index is 0.0113. The van der Waals surface area contributed by atoms with Crippen LogP contribution >= 0.6 is 11.8 Å². The Morgan fingerprint density at radius 3 is 2.67 bits per heavy atom. The van der Waals surface area contributed by atoms with Crippen molar-refractivity contribution in [2.24, 2.45) is 4.99 Å². The molecule has 1 unspecified atom stereocenters. The summed E-state index contributed by atoms with van der Waals surface area (Å²) in [5.74, 6) is 1.06. The molecule has 0 spiro atoms. The van der Waals surface area contributed by atoms with Crippen LogP contribution in [-0.4, -0.2) is 35.0 Å². The summed E-state index contributed by atoms with van der Waals surface area (Å²) in [5.41, 5.74) is 0.170. The van der Waals surface area contributed by atoms with Crippen LogP contribution in [0.2, 0.25) is 0 Å². The van der Waals surface area contributed by atoms with E-state index in [0.29, 0.717) is 0 Å². The van der Waals surface area contributed by atoms with Crippen LogP contribution in [0.4, 0.5) is 0 Å². The summed E-state index contributed by atoms with van der Waals surface area (Å²) in [4.78, 5) is 16.2. The highest BCUT2D eigenvalue weighted by atomic mass is 32.2. The second-order valence-electron chi connectivity index (χ2n) is 4.80. The minimum atomic E-state index is -0.309. The van der Waals surface area contributed by atoms with Gasteiger partial charge in [0.1, 0.15) is 6.04 Å². The molecular formula is C13H25N3OS. The molecule has 0 radical (unpaired) electrons. The number of nitrogens with zero attached hydrogens (tertiary/aromatic N) is 1. The lowest BCUT2D eigenvalue weighted by Gasteiger charge is -2.25. The average molecular weight is 271 g/mol. The fraction of sp³-hybridized carbons (Fsp3) is 0.846. The molecule has 1 aliphatic heterocycles.